The molecule has 2 aliphatic rings. The molecule has 0 aliphatic heterocycles. The summed E-state index contributed by atoms with van der Waals surface area (Å²) in [6, 6.07) is -0.982. The summed E-state index contributed by atoms with van der Waals surface area (Å²) in [5.74, 6) is -1.07. The maximum atomic E-state index is 11.2. The predicted octanol–water partition coefficient (Wildman–Crippen LogP) is 2.04. The largest absolute Gasteiger partial charge is 0.481 e. The van der Waals surface area contributed by atoms with Crippen molar-refractivity contribution in [1.29, 1.82) is 0 Å². The van der Waals surface area contributed by atoms with Gasteiger partial charge in [-0.3, -0.25) is 14.4 Å². The van der Waals surface area contributed by atoms with E-state index < -0.39 is 18.0 Å². The predicted molar refractivity (Wildman–Crippen MR) is 75.5 cm³/mol. The van der Waals surface area contributed by atoms with Crippen LogP contribution in [0, 0.1) is 17.3 Å². The number of nitrogens with one attached hydrogen (secondary N) is 1. The molecule has 120 valence electrons. The number of carboxylic acids is 2. The molecular formula is C15H25NO5. The van der Waals surface area contributed by atoms with Gasteiger partial charge in [0, 0.05) is 11.8 Å². The molecule has 0 radical (unpaired) electrons. The van der Waals surface area contributed by atoms with E-state index in [2.05, 4.69) is 26.3 Å². The monoisotopic (exact) mass is 299 g/mol. The summed E-state index contributed by atoms with van der Waals surface area (Å²) in [6.07, 6.45) is 3.02. The molecule has 0 spiro atoms. The second-order valence-electron chi connectivity index (χ2n) is 7.09. The Morgan fingerprint density at radius 3 is 2.57 bits per heavy atom. The number of hydrogen-bond acceptors (Lipinski definition) is 4. The maximum absolute atomic E-state index is 11.2. The van der Waals surface area contributed by atoms with E-state index in [1.807, 2.05) is 0 Å². The average molecular weight is 299 g/mol. The Hall–Kier alpha value is -1.14. The van der Waals surface area contributed by atoms with Crippen molar-refractivity contribution in [3.63, 3.8) is 0 Å². The highest BCUT2D eigenvalue weighted by atomic mass is 16.7. The molecule has 2 fully saturated rings. The van der Waals surface area contributed by atoms with Crippen molar-refractivity contribution >= 4 is 11.9 Å². The van der Waals surface area contributed by atoms with Crippen LogP contribution < -0.4 is 5.48 Å². The van der Waals surface area contributed by atoms with E-state index in [0.717, 1.165) is 12.8 Å². The van der Waals surface area contributed by atoms with Gasteiger partial charge in [-0.1, -0.05) is 27.2 Å². The van der Waals surface area contributed by atoms with Gasteiger partial charge in [0.25, 0.3) is 0 Å². The zero-order valence-corrected chi connectivity index (χ0v) is 12.9. The van der Waals surface area contributed by atoms with Gasteiger partial charge >= 0.3 is 11.9 Å². The number of carbonyl (C=O) groups is 2. The van der Waals surface area contributed by atoms with Gasteiger partial charge in [-0.15, -0.1) is 0 Å². The molecule has 3 unspecified atom stereocenters. The quantitative estimate of drug-likeness (QED) is 0.623. The van der Waals surface area contributed by atoms with Crippen LogP contribution in [0.3, 0.4) is 0 Å². The third-order valence-electron chi connectivity index (χ3n) is 5.37. The van der Waals surface area contributed by atoms with E-state index in [9.17, 15) is 9.59 Å². The number of hydroxylamine groups is 1. The lowest BCUT2D eigenvalue weighted by atomic mass is 9.88. The van der Waals surface area contributed by atoms with Crippen LogP contribution in [0.1, 0.15) is 52.9 Å². The number of hydrogen-bond donors (Lipinski definition) is 3. The lowest BCUT2D eigenvalue weighted by Gasteiger charge is -2.29. The molecule has 0 bridgehead atoms. The van der Waals surface area contributed by atoms with E-state index in [0.29, 0.717) is 11.8 Å². The molecule has 2 rings (SSSR count). The first-order chi connectivity index (χ1) is 9.70. The van der Waals surface area contributed by atoms with Crippen LogP contribution in [0.5, 0.6) is 0 Å². The fourth-order valence-corrected chi connectivity index (χ4v) is 3.92. The Balaban J connectivity index is 1.96. The van der Waals surface area contributed by atoms with Crippen LogP contribution in [0.15, 0.2) is 0 Å². The Morgan fingerprint density at radius 2 is 2.00 bits per heavy atom. The number of rotatable bonds is 7. The molecule has 0 amide bonds. The van der Waals surface area contributed by atoms with Gasteiger partial charge in [0.15, 0.2) is 0 Å². The van der Waals surface area contributed by atoms with Crippen LogP contribution in [-0.4, -0.2) is 33.8 Å². The van der Waals surface area contributed by atoms with E-state index in [1.54, 1.807) is 0 Å². The Labute approximate surface area is 124 Å². The third kappa shape index (κ3) is 2.92. The van der Waals surface area contributed by atoms with E-state index in [4.69, 9.17) is 15.1 Å². The Morgan fingerprint density at radius 1 is 1.33 bits per heavy atom. The highest BCUT2D eigenvalue weighted by molar-refractivity contribution is 5.74. The first-order valence-electron chi connectivity index (χ1n) is 7.59. The average Bonchev–Trinajstić information content (AvgIpc) is 2.84. The molecule has 0 aromatic rings. The Bertz CT molecular complexity index is 436. The summed E-state index contributed by atoms with van der Waals surface area (Å²) in [5.41, 5.74) is 2.38. The van der Waals surface area contributed by atoms with Gasteiger partial charge in [-0.2, -0.15) is 5.48 Å². The van der Waals surface area contributed by atoms with Crippen LogP contribution in [-0.2, 0) is 14.4 Å². The topological polar surface area (TPSA) is 95.9 Å². The van der Waals surface area contributed by atoms with Crippen LogP contribution in [0.4, 0.5) is 0 Å². The van der Waals surface area contributed by atoms with E-state index >= 15 is 0 Å². The first-order valence-corrected chi connectivity index (χ1v) is 7.59. The lowest BCUT2D eigenvalue weighted by Crippen LogP contribution is -2.43. The second kappa shape index (κ2) is 5.57. The number of carboxylic acid groups (broad SMARTS) is 2. The minimum absolute atomic E-state index is 0.0153. The molecule has 4 atom stereocenters. The van der Waals surface area contributed by atoms with Crippen molar-refractivity contribution in [3.8, 4) is 0 Å². The van der Waals surface area contributed by atoms with Crippen molar-refractivity contribution in [2.75, 3.05) is 0 Å². The number of aliphatic carboxylic acids is 2. The molecular weight excluding hydrogens is 274 g/mol. The van der Waals surface area contributed by atoms with Crippen LogP contribution >= 0.6 is 0 Å². The van der Waals surface area contributed by atoms with Crippen molar-refractivity contribution in [3.05, 3.63) is 0 Å². The summed E-state index contributed by atoms with van der Waals surface area (Å²) in [6.45, 7) is 6.50. The van der Waals surface area contributed by atoms with Crippen molar-refractivity contribution < 1.29 is 24.6 Å². The molecule has 6 nitrogen and oxygen atoms in total. The molecule has 6 heteroatoms. The minimum Gasteiger partial charge on any atom is -0.481 e. The normalized spacial score (nSPS) is 34.8. The molecule has 2 saturated carbocycles. The SMILES string of the molecule is CC1CCC2C(C)(C)C2(ON[C@@H](CCC(=O)O)C(=O)O)C1. The fourth-order valence-electron chi connectivity index (χ4n) is 3.92. The zero-order chi connectivity index (χ0) is 15.8. The summed E-state index contributed by atoms with van der Waals surface area (Å²) < 4.78 is 0. The summed E-state index contributed by atoms with van der Waals surface area (Å²) >= 11 is 0. The highest BCUT2D eigenvalue weighted by Gasteiger charge is 2.73. The van der Waals surface area contributed by atoms with Crippen molar-refractivity contribution in [2.24, 2.45) is 17.3 Å². The van der Waals surface area contributed by atoms with E-state index in [1.165, 1.54) is 6.42 Å². The fraction of sp³-hybridized carbons (Fsp3) is 0.867. The zero-order valence-electron chi connectivity index (χ0n) is 12.9. The lowest BCUT2D eigenvalue weighted by molar-refractivity contribution is -0.152. The third-order valence-corrected chi connectivity index (χ3v) is 5.37. The van der Waals surface area contributed by atoms with Gasteiger partial charge in [-0.05, 0) is 31.1 Å². The standard InChI is InChI=1S/C15H25NO5/c1-9-4-6-11-14(2,3)15(11,8-9)21-16-10(13(19)20)5-7-12(17)18/h9-11,16H,4-8H2,1-3H3,(H,17,18)(H,19,20)/t9?,10-,11?,15?/m0/s1. The maximum Gasteiger partial charge on any atom is 0.323 e. The van der Waals surface area contributed by atoms with Gasteiger partial charge in [0.2, 0.25) is 0 Å². The molecule has 2 aliphatic carbocycles. The second-order valence-corrected chi connectivity index (χ2v) is 7.09. The minimum atomic E-state index is -1.08. The molecule has 0 heterocycles. The van der Waals surface area contributed by atoms with Gasteiger partial charge in [-0.25, -0.2) is 0 Å². The summed E-state index contributed by atoms with van der Waals surface area (Å²) in [7, 11) is 0. The smallest absolute Gasteiger partial charge is 0.323 e. The van der Waals surface area contributed by atoms with Gasteiger partial charge < -0.3 is 10.2 Å². The summed E-state index contributed by atoms with van der Waals surface area (Å²) in [5, 5.41) is 17.8. The summed E-state index contributed by atoms with van der Waals surface area (Å²) in [4.78, 5) is 27.6. The molecule has 0 aromatic carbocycles. The van der Waals surface area contributed by atoms with Gasteiger partial charge in [0.1, 0.15) is 6.04 Å². The molecule has 21 heavy (non-hydrogen) atoms. The number of fused-ring (bicyclic) bond motifs is 1. The van der Waals surface area contributed by atoms with Gasteiger partial charge in [0.05, 0.1) is 5.60 Å². The molecule has 0 saturated heterocycles. The molecule has 3 N–H and O–H groups in total. The van der Waals surface area contributed by atoms with Crippen molar-refractivity contribution in [2.45, 2.75) is 64.5 Å². The van der Waals surface area contributed by atoms with Crippen LogP contribution in [0.2, 0.25) is 0 Å². The Kier molecular flexibility index (Phi) is 4.31. The van der Waals surface area contributed by atoms with Crippen molar-refractivity contribution in [1.82, 2.24) is 5.48 Å². The highest BCUT2D eigenvalue weighted by Crippen LogP contribution is 2.70. The molecule has 0 aromatic heterocycles. The first kappa shape index (κ1) is 16.2. The van der Waals surface area contributed by atoms with Crippen LogP contribution in [0.25, 0.3) is 0 Å². The van der Waals surface area contributed by atoms with E-state index in [-0.39, 0.29) is 23.9 Å².